The highest BCUT2D eigenvalue weighted by Crippen LogP contribution is 2.28. The first kappa shape index (κ1) is 12.8. The number of aryl methyl sites for hydroxylation is 1. The van der Waals surface area contributed by atoms with Crippen molar-refractivity contribution in [3.05, 3.63) is 70.2 Å². The zero-order valence-corrected chi connectivity index (χ0v) is 11.2. The molecule has 1 atom stereocenters. The fourth-order valence-corrected chi connectivity index (χ4v) is 2.40. The van der Waals surface area contributed by atoms with E-state index in [-0.39, 0.29) is 11.7 Å². The molecule has 1 nitrogen and oxygen atoms in total. The van der Waals surface area contributed by atoms with Crippen molar-refractivity contribution in [3.63, 3.8) is 0 Å². The van der Waals surface area contributed by atoms with Crippen molar-refractivity contribution in [1.82, 2.24) is 0 Å². The van der Waals surface area contributed by atoms with Crippen LogP contribution in [0.3, 0.4) is 0 Å². The van der Waals surface area contributed by atoms with Gasteiger partial charge in [-0.25, -0.2) is 0 Å². The van der Waals surface area contributed by atoms with Gasteiger partial charge in [0.05, 0.1) is 5.92 Å². The highest BCUT2D eigenvalue weighted by Gasteiger charge is 2.19. The monoisotopic (exact) mass is 258 g/mol. The van der Waals surface area contributed by atoms with E-state index in [0.717, 1.165) is 16.7 Å². The van der Waals surface area contributed by atoms with E-state index in [2.05, 4.69) is 0 Å². The summed E-state index contributed by atoms with van der Waals surface area (Å²) in [6.45, 7) is 3.65. The number of benzene rings is 2. The normalized spacial score (nSPS) is 12.2. The summed E-state index contributed by atoms with van der Waals surface area (Å²) in [5.41, 5.74) is 3.12. The molecule has 18 heavy (non-hydrogen) atoms. The van der Waals surface area contributed by atoms with E-state index in [0.29, 0.717) is 5.02 Å². The van der Waals surface area contributed by atoms with Crippen molar-refractivity contribution in [3.8, 4) is 0 Å². The molecule has 0 bridgehead atoms. The molecule has 1 unspecified atom stereocenters. The van der Waals surface area contributed by atoms with Gasteiger partial charge in [-0.1, -0.05) is 53.6 Å². The third-order valence-corrected chi connectivity index (χ3v) is 3.20. The summed E-state index contributed by atoms with van der Waals surface area (Å²) in [7, 11) is 0. The average molecular weight is 259 g/mol. The Morgan fingerprint density at radius 2 is 1.67 bits per heavy atom. The summed E-state index contributed by atoms with van der Waals surface area (Å²) in [5.74, 6) is -0.105. The predicted molar refractivity (Wildman–Crippen MR) is 75.2 cm³/mol. The molecule has 0 saturated carbocycles. The van der Waals surface area contributed by atoms with Crippen LogP contribution in [-0.4, -0.2) is 5.78 Å². The van der Waals surface area contributed by atoms with Crippen LogP contribution in [0.5, 0.6) is 0 Å². The maximum Gasteiger partial charge on any atom is 0.141 e. The number of rotatable bonds is 3. The van der Waals surface area contributed by atoms with E-state index in [1.165, 1.54) is 0 Å². The molecule has 0 aliphatic heterocycles. The molecule has 0 fully saturated rings. The molecule has 2 aromatic carbocycles. The van der Waals surface area contributed by atoms with Crippen LogP contribution in [0.25, 0.3) is 0 Å². The quantitative estimate of drug-likeness (QED) is 0.799. The number of carbonyl (C=O) groups is 1. The second kappa shape index (κ2) is 5.36. The molecule has 0 aromatic heterocycles. The van der Waals surface area contributed by atoms with Crippen LogP contribution in [0.15, 0.2) is 48.5 Å². The minimum Gasteiger partial charge on any atom is -0.299 e. The maximum absolute atomic E-state index is 11.9. The Bertz CT molecular complexity index is 529. The first-order valence-corrected chi connectivity index (χ1v) is 6.28. The van der Waals surface area contributed by atoms with E-state index >= 15 is 0 Å². The van der Waals surface area contributed by atoms with Gasteiger partial charge in [0, 0.05) is 5.02 Å². The minimum absolute atomic E-state index is 0.128. The predicted octanol–water partition coefficient (Wildman–Crippen LogP) is 4.37. The number of hydrogen-bond donors (Lipinski definition) is 0. The van der Waals surface area contributed by atoms with Crippen molar-refractivity contribution in [2.24, 2.45) is 0 Å². The molecule has 0 spiro atoms. The molecule has 2 aromatic rings. The number of hydrogen-bond acceptors (Lipinski definition) is 1. The van der Waals surface area contributed by atoms with Gasteiger partial charge in [0.1, 0.15) is 5.78 Å². The Morgan fingerprint density at radius 3 is 2.22 bits per heavy atom. The lowest BCUT2D eigenvalue weighted by Gasteiger charge is -2.15. The summed E-state index contributed by atoms with van der Waals surface area (Å²) in [6, 6.07) is 15.5. The lowest BCUT2D eigenvalue weighted by Crippen LogP contribution is -2.10. The highest BCUT2D eigenvalue weighted by atomic mass is 35.5. The molecule has 0 heterocycles. The number of Topliss-reactive ketones (excluding diaryl/α,β-unsaturated/α-hetero) is 1. The van der Waals surface area contributed by atoms with E-state index in [1.807, 2.05) is 55.5 Å². The molecule has 2 rings (SSSR count). The highest BCUT2D eigenvalue weighted by molar-refractivity contribution is 6.30. The number of carbonyl (C=O) groups excluding carboxylic acids is 1. The smallest absolute Gasteiger partial charge is 0.141 e. The Labute approximate surface area is 112 Å². The molecular weight excluding hydrogens is 244 g/mol. The van der Waals surface area contributed by atoms with Crippen LogP contribution >= 0.6 is 11.6 Å². The Kier molecular flexibility index (Phi) is 3.83. The van der Waals surface area contributed by atoms with Crippen LogP contribution in [0, 0.1) is 6.92 Å². The average Bonchev–Trinajstić information content (AvgIpc) is 2.28. The molecular formula is C16H15ClO. The van der Waals surface area contributed by atoms with E-state index < -0.39 is 0 Å². The molecule has 0 aliphatic rings. The second-order valence-electron chi connectivity index (χ2n) is 4.51. The van der Waals surface area contributed by atoms with Gasteiger partial charge in [0.2, 0.25) is 0 Å². The van der Waals surface area contributed by atoms with Crippen LogP contribution in [0.1, 0.15) is 29.5 Å². The van der Waals surface area contributed by atoms with E-state index in [9.17, 15) is 4.79 Å². The van der Waals surface area contributed by atoms with Gasteiger partial charge in [-0.2, -0.15) is 0 Å². The Hall–Kier alpha value is -1.60. The van der Waals surface area contributed by atoms with Crippen LogP contribution in [0.4, 0.5) is 0 Å². The molecule has 2 heteroatoms. The largest absolute Gasteiger partial charge is 0.299 e. The third kappa shape index (κ3) is 2.80. The Balaban J connectivity index is 2.50. The summed E-state index contributed by atoms with van der Waals surface area (Å²) in [5, 5.41) is 0.659. The zero-order chi connectivity index (χ0) is 13.1. The summed E-state index contributed by atoms with van der Waals surface area (Å²) < 4.78 is 0. The summed E-state index contributed by atoms with van der Waals surface area (Å²) >= 11 is 6.00. The number of ketones is 1. The fourth-order valence-electron chi connectivity index (χ4n) is 2.20. The topological polar surface area (TPSA) is 17.1 Å². The van der Waals surface area contributed by atoms with Crippen molar-refractivity contribution in [1.29, 1.82) is 0 Å². The number of halogens is 1. The Morgan fingerprint density at radius 1 is 1.06 bits per heavy atom. The SMILES string of the molecule is CC(=O)C(c1cccc(C)c1)c1cccc(Cl)c1. The van der Waals surface area contributed by atoms with Crippen molar-refractivity contribution in [2.45, 2.75) is 19.8 Å². The van der Waals surface area contributed by atoms with Gasteiger partial charge in [-0.3, -0.25) is 4.79 Å². The van der Waals surface area contributed by atoms with Crippen molar-refractivity contribution >= 4 is 17.4 Å². The van der Waals surface area contributed by atoms with Gasteiger partial charge in [-0.15, -0.1) is 0 Å². The van der Waals surface area contributed by atoms with Crippen molar-refractivity contribution in [2.75, 3.05) is 0 Å². The lowest BCUT2D eigenvalue weighted by atomic mass is 9.87. The third-order valence-electron chi connectivity index (χ3n) is 2.96. The first-order chi connectivity index (χ1) is 8.58. The van der Waals surface area contributed by atoms with Gasteiger partial charge in [0.15, 0.2) is 0 Å². The standard InChI is InChI=1S/C16H15ClO/c1-11-5-3-6-13(9-11)16(12(2)18)14-7-4-8-15(17)10-14/h3-10,16H,1-2H3. The zero-order valence-electron chi connectivity index (χ0n) is 10.5. The fraction of sp³-hybridized carbons (Fsp3) is 0.188. The van der Waals surface area contributed by atoms with Gasteiger partial charge < -0.3 is 0 Å². The van der Waals surface area contributed by atoms with E-state index in [4.69, 9.17) is 11.6 Å². The summed E-state index contributed by atoms with van der Waals surface area (Å²) in [4.78, 5) is 11.9. The molecule has 0 aliphatic carbocycles. The second-order valence-corrected chi connectivity index (χ2v) is 4.95. The minimum atomic E-state index is -0.233. The molecule has 92 valence electrons. The molecule has 0 N–H and O–H groups in total. The van der Waals surface area contributed by atoms with Gasteiger partial charge in [0.25, 0.3) is 0 Å². The molecule has 0 amide bonds. The first-order valence-electron chi connectivity index (χ1n) is 5.90. The lowest BCUT2D eigenvalue weighted by molar-refractivity contribution is -0.117. The van der Waals surface area contributed by atoms with Gasteiger partial charge >= 0.3 is 0 Å². The molecule has 0 radical (unpaired) electrons. The van der Waals surface area contributed by atoms with Crippen LogP contribution in [-0.2, 0) is 4.79 Å². The van der Waals surface area contributed by atoms with Crippen LogP contribution in [0.2, 0.25) is 5.02 Å². The maximum atomic E-state index is 11.9. The summed E-state index contributed by atoms with van der Waals surface area (Å²) in [6.07, 6.45) is 0. The van der Waals surface area contributed by atoms with Gasteiger partial charge in [-0.05, 0) is 37.1 Å². The van der Waals surface area contributed by atoms with E-state index in [1.54, 1.807) is 6.92 Å². The van der Waals surface area contributed by atoms with Crippen molar-refractivity contribution < 1.29 is 4.79 Å². The van der Waals surface area contributed by atoms with Crippen LogP contribution < -0.4 is 0 Å². The molecule has 0 saturated heterocycles.